The van der Waals surface area contributed by atoms with Gasteiger partial charge >= 0.3 is 0 Å². The quantitative estimate of drug-likeness (QED) is 0.386. The van der Waals surface area contributed by atoms with E-state index in [1.165, 1.54) is 17.4 Å². The van der Waals surface area contributed by atoms with Crippen molar-refractivity contribution in [3.63, 3.8) is 0 Å². The average Bonchev–Trinajstić information content (AvgIpc) is 3.21. The van der Waals surface area contributed by atoms with Crippen LogP contribution in [0, 0.1) is 0 Å². The zero-order valence-corrected chi connectivity index (χ0v) is 15.1. The van der Waals surface area contributed by atoms with E-state index in [2.05, 4.69) is 15.8 Å². The third-order valence-corrected chi connectivity index (χ3v) is 4.35. The summed E-state index contributed by atoms with van der Waals surface area (Å²) in [4.78, 5) is 25.0. The van der Waals surface area contributed by atoms with Gasteiger partial charge in [0.2, 0.25) is 5.91 Å². The molecule has 0 saturated carbocycles. The molecule has 0 saturated heterocycles. The van der Waals surface area contributed by atoms with Crippen molar-refractivity contribution in [3.8, 4) is 0 Å². The summed E-state index contributed by atoms with van der Waals surface area (Å²) in [6.45, 7) is 0. The van der Waals surface area contributed by atoms with Crippen LogP contribution < -0.4 is 10.7 Å². The smallest absolute Gasteiger partial charge is 0.271 e. The fourth-order valence-corrected chi connectivity index (χ4v) is 2.79. The van der Waals surface area contributed by atoms with Gasteiger partial charge < -0.3 is 5.32 Å². The molecule has 3 aromatic rings. The summed E-state index contributed by atoms with van der Waals surface area (Å²) < 4.78 is 0. The minimum Gasteiger partial charge on any atom is -0.323 e. The lowest BCUT2D eigenvalue weighted by Gasteiger charge is -2.04. The van der Waals surface area contributed by atoms with E-state index in [4.69, 9.17) is 0 Å². The molecule has 3 rings (SSSR count). The molecule has 0 aliphatic heterocycles. The normalized spacial score (nSPS) is 11.0. The largest absolute Gasteiger partial charge is 0.323 e. The number of anilines is 1. The zero-order chi connectivity index (χ0) is 18.9. The van der Waals surface area contributed by atoms with Gasteiger partial charge in [0, 0.05) is 22.2 Å². The van der Waals surface area contributed by atoms with Gasteiger partial charge in [-0.05, 0) is 47.4 Å². The number of benzene rings is 2. The summed E-state index contributed by atoms with van der Waals surface area (Å²) >= 11 is 1.53. The van der Waals surface area contributed by atoms with Crippen molar-refractivity contribution in [3.05, 3.63) is 94.2 Å². The van der Waals surface area contributed by atoms with E-state index in [1.54, 1.807) is 36.6 Å². The highest BCUT2D eigenvalue weighted by Gasteiger charge is 2.05. The Hall–Kier alpha value is -3.51. The summed E-state index contributed by atoms with van der Waals surface area (Å²) in [6, 6.07) is 20.0. The Balaban J connectivity index is 1.52. The molecule has 0 atom stereocenters. The Kier molecular flexibility index (Phi) is 6.27. The second kappa shape index (κ2) is 9.26. The van der Waals surface area contributed by atoms with Crippen LogP contribution in [0.1, 0.15) is 20.8 Å². The zero-order valence-electron chi connectivity index (χ0n) is 14.3. The van der Waals surface area contributed by atoms with Gasteiger partial charge in [-0.3, -0.25) is 9.59 Å². The number of hydrazone groups is 1. The first-order chi connectivity index (χ1) is 13.2. The van der Waals surface area contributed by atoms with Gasteiger partial charge in [0.05, 0.1) is 6.21 Å². The second-order valence-corrected chi connectivity index (χ2v) is 6.50. The molecule has 134 valence electrons. The highest BCUT2D eigenvalue weighted by atomic mass is 32.1. The van der Waals surface area contributed by atoms with Gasteiger partial charge in [-0.15, -0.1) is 11.3 Å². The van der Waals surface area contributed by atoms with Crippen molar-refractivity contribution < 1.29 is 9.59 Å². The van der Waals surface area contributed by atoms with E-state index in [-0.39, 0.29) is 11.8 Å². The number of carbonyl (C=O) groups is 2. The van der Waals surface area contributed by atoms with E-state index in [0.717, 1.165) is 10.4 Å². The number of carbonyl (C=O) groups excluding carboxylic acids is 2. The maximum absolute atomic E-state index is 12.0. The van der Waals surface area contributed by atoms with E-state index >= 15 is 0 Å². The fraction of sp³-hybridized carbons (Fsp3) is 0. The molecule has 0 aliphatic rings. The molecule has 27 heavy (non-hydrogen) atoms. The lowest BCUT2D eigenvalue weighted by atomic mass is 10.2. The predicted octanol–water partition coefficient (Wildman–Crippen LogP) is 4.16. The van der Waals surface area contributed by atoms with Crippen molar-refractivity contribution in [2.75, 3.05) is 5.32 Å². The first-order valence-electron chi connectivity index (χ1n) is 8.22. The first-order valence-corrected chi connectivity index (χ1v) is 9.10. The molecule has 6 heteroatoms. The molecular weight excluding hydrogens is 358 g/mol. The maximum Gasteiger partial charge on any atom is 0.271 e. The van der Waals surface area contributed by atoms with Crippen LogP contribution in [-0.4, -0.2) is 18.0 Å². The number of hydrogen-bond acceptors (Lipinski definition) is 4. The molecule has 1 aromatic heterocycles. The first kappa shape index (κ1) is 18.3. The number of rotatable bonds is 6. The molecule has 5 nitrogen and oxygen atoms in total. The van der Waals surface area contributed by atoms with E-state index in [1.807, 2.05) is 47.8 Å². The maximum atomic E-state index is 12.0. The van der Waals surface area contributed by atoms with Crippen molar-refractivity contribution in [2.24, 2.45) is 5.10 Å². The summed E-state index contributed by atoms with van der Waals surface area (Å²) in [5, 5.41) is 8.61. The Bertz CT molecular complexity index is 947. The molecule has 0 radical (unpaired) electrons. The summed E-state index contributed by atoms with van der Waals surface area (Å²) in [5.41, 5.74) is 4.48. The van der Waals surface area contributed by atoms with Gasteiger partial charge in [-0.1, -0.05) is 36.4 Å². The molecule has 0 fully saturated rings. The number of amides is 2. The fourth-order valence-electron chi connectivity index (χ4n) is 2.21. The van der Waals surface area contributed by atoms with Gasteiger partial charge in [0.1, 0.15) is 0 Å². The Morgan fingerprint density at radius 3 is 2.41 bits per heavy atom. The molecule has 2 N–H and O–H groups in total. The number of hydrogen-bond donors (Lipinski definition) is 2. The van der Waals surface area contributed by atoms with Crippen LogP contribution in [0.25, 0.3) is 6.08 Å². The number of thiophene rings is 1. The van der Waals surface area contributed by atoms with Crippen LogP contribution in [0.3, 0.4) is 0 Å². The predicted molar refractivity (Wildman–Crippen MR) is 110 cm³/mol. The Morgan fingerprint density at radius 2 is 1.70 bits per heavy atom. The molecule has 0 bridgehead atoms. The molecule has 0 aliphatic carbocycles. The van der Waals surface area contributed by atoms with Crippen molar-refractivity contribution >= 4 is 41.1 Å². The third kappa shape index (κ3) is 5.76. The third-order valence-electron chi connectivity index (χ3n) is 3.54. The van der Waals surface area contributed by atoms with Gasteiger partial charge in [-0.2, -0.15) is 5.10 Å². The van der Waals surface area contributed by atoms with Crippen LogP contribution in [0.5, 0.6) is 0 Å². The Labute approximate surface area is 161 Å². The van der Waals surface area contributed by atoms with Gasteiger partial charge in [0.25, 0.3) is 5.91 Å². The van der Waals surface area contributed by atoms with Crippen molar-refractivity contribution in [1.29, 1.82) is 0 Å². The average molecular weight is 375 g/mol. The molecule has 0 unspecified atom stereocenters. The van der Waals surface area contributed by atoms with Crippen LogP contribution in [0.2, 0.25) is 0 Å². The molecule has 1 heterocycles. The lowest BCUT2D eigenvalue weighted by Crippen LogP contribution is -2.17. The monoisotopic (exact) mass is 375 g/mol. The summed E-state index contributed by atoms with van der Waals surface area (Å²) in [7, 11) is 0. The van der Waals surface area contributed by atoms with E-state index in [9.17, 15) is 9.59 Å². The number of nitrogens with one attached hydrogen (secondary N) is 2. The highest BCUT2D eigenvalue weighted by Crippen LogP contribution is 2.10. The van der Waals surface area contributed by atoms with Crippen LogP contribution in [0.15, 0.2) is 83.3 Å². The van der Waals surface area contributed by atoms with E-state index in [0.29, 0.717) is 11.3 Å². The van der Waals surface area contributed by atoms with Crippen molar-refractivity contribution in [2.45, 2.75) is 0 Å². The molecule has 2 amide bonds. The standard InChI is InChI=1S/C21H17N3O2S/c25-20(13-8-16-5-2-1-3-6-16)23-18-11-9-17(10-12-18)21(26)24-22-15-19-7-4-14-27-19/h1-15H,(H,23,25)(H,24,26)/b13-8+,22-15-. The van der Waals surface area contributed by atoms with Gasteiger partial charge in [-0.25, -0.2) is 5.43 Å². The second-order valence-electron chi connectivity index (χ2n) is 5.53. The highest BCUT2D eigenvalue weighted by molar-refractivity contribution is 7.11. The SMILES string of the molecule is O=C(/C=C/c1ccccc1)Nc1ccc(C(=O)N/N=C\c2cccs2)cc1. The van der Waals surface area contributed by atoms with Crippen molar-refractivity contribution in [1.82, 2.24) is 5.43 Å². The lowest BCUT2D eigenvalue weighted by molar-refractivity contribution is -0.111. The van der Waals surface area contributed by atoms with Crippen LogP contribution in [0.4, 0.5) is 5.69 Å². The minimum atomic E-state index is -0.315. The topological polar surface area (TPSA) is 70.6 Å². The molecular formula is C21H17N3O2S. The minimum absolute atomic E-state index is 0.239. The van der Waals surface area contributed by atoms with Crippen LogP contribution in [-0.2, 0) is 4.79 Å². The summed E-state index contributed by atoms with van der Waals surface area (Å²) in [6.07, 6.45) is 4.80. The number of nitrogens with zero attached hydrogens (tertiary/aromatic N) is 1. The summed E-state index contributed by atoms with van der Waals surface area (Å²) in [5.74, 6) is -0.554. The molecule has 2 aromatic carbocycles. The van der Waals surface area contributed by atoms with E-state index < -0.39 is 0 Å². The Morgan fingerprint density at radius 1 is 0.926 bits per heavy atom. The molecule has 0 spiro atoms. The van der Waals surface area contributed by atoms with Crippen LogP contribution >= 0.6 is 11.3 Å². The van der Waals surface area contributed by atoms with Gasteiger partial charge in [0.15, 0.2) is 0 Å².